The van der Waals surface area contributed by atoms with Crippen LogP contribution in [0.2, 0.25) is 0 Å². The molecule has 0 amide bonds. The van der Waals surface area contributed by atoms with Crippen molar-refractivity contribution in [1.29, 1.82) is 0 Å². The first kappa shape index (κ1) is 41.8. The molecule has 5 heteroatoms. The third kappa shape index (κ3) is 7.11. The topological polar surface area (TPSA) is 55.9 Å². The Morgan fingerprint density at radius 3 is 1.62 bits per heavy atom. The van der Waals surface area contributed by atoms with E-state index in [0.717, 1.165) is 56.3 Å². The summed E-state index contributed by atoms with van der Waals surface area (Å²) in [6, 6.07) is 53.9. The molecule has 10 rings (SSSR count). The number of rotatable bonds is 7. The van der Waals surface area contributed by atoms with Gasteiger partial charge < -0.3 is 5.11 Å². The van der Waals surface area contributed by atoms with Crippen LogP contribution in [0.15, 0.2) is 158 Å². The molecular formula is C60H56N4O. The Balaban J connectivity index is 1.27. The first-order chi connectivity index (χ1) is 31.3. The van der Waals surface area contributed by atoms with Gasteiger partial charge in [-0.25, -0.2) is 9.67 Å². The lowest BCUT2D eigenvalue weighted by molar-refractivity contribution is 0.477. The lowest BCUT2D eigenvalue weighted by Gasteiger charge is -2.24. The van der Waals surface area contributed by atoms with Crippen LogP contribution in [0.1, 0.15) is 88.1 Å². The highest BCUT2D eigenvalue weighted by Crippen LogP contribution is 2.52. The van der Waals surface area contributed by atoms with Gasteiger partial charge in [-0.15, -0.1) is 0 Å². The minimum absolute atomic E-state index is 0.0167. The molecule has 1 N–H and O–H groups in total. The van der Waals surface area contributed by atoms with Gasteiger partial charge in [0.2, 0.25) is 0 Å². The van der Waals surface area contributed by atoms with Crippen molar-refractivity contribution in [2.75, 3.05) is 0 Å². The van der Waals surface area contributed by atoms with Crippen molar-refractivity contribution in [3.63, 3.8) is 0 Å². The van der Waals surface area contributed by atoms with Crippen LogP contribution >= 0.6 is 0 Å². The van der Waals surface area contributed by atoms with Gasteiger partial charge in [0.15, 0.2) is 0 Å². The van der Waals surface area contributed by atoms with Crippen LogP contribution in [-0.2, 0) is 5.41 Å². The van der Waals surface area contributed by atoms with E-state index in [-0.39, 0.29) is 23.0 Å². The molecule has 1 aliphatic carbocycles. The number of aryl methyl sites for hydroxylation is 2. The first-order valence-corrected chi connectivity index (χ1v) is 23.0. The summed E-state index contributed by atoms with van der Waals surface area (Å²) in [5.41, 5.74) is 21.9. The second-order valence-corrected chi connectivity index (χ2v) is 19.3. The van der Waals surface area contributed by atoms with Crippen LogP contribution in [0, 0.1) is 13.8 Å². The fourth-order valence-corrected chi connectivity index (χ4v) is 9.99. The number of hydrogen-bond acceptors (Lipinski definition) is 3. The second-order valence-electron chi connectivity index (χ2n) is 19.3. The Bertz CT molecular complexity index is 3250. The zero-order valence-electron chi connectivity index (χ0n) is 38.9. The molecule has 0 fully saturated rings. The molecule has 65 heavy (non-hydrogen) atoms. The smallest absolute Gasteiger partial charge is 0.148 e. The van der Waals surface area contributed by atoms with Gasteiger partial charge in [0.25, 0.3) is 0 Å². The molecule has 9 aromatic rings. The fraction of sp³-hybridized carbons (Fsp3) is 0.200. The summed E-state index contributed by atoms with van der Waals surface area (Å²) in [5, 5.41) is 17.1. The molecule has 0 radical (unpaired) electrons. The lowest BCUT2D eigenvalue weighted by atomic mass is 9.80. The highest BCUT2D eigenvalue weighted by molar-refractivity contribution is 6.06. The summed E-state index contributed by atoms with van der Waals surface area (Å²) < 4.78 is 4.40. The molecule has 5 nitrogen and oxygen atoms in total. The minimum Gasteiger partial charge on any atom is -0.507 e. The van der Waals surface area contributed by atoms with Gasteiger partial charge >= 0.3 is 0 Å². The number of hydrogen-bond donors (Lipinski definition) is 1. The van der Waals surface area contributed by atoms with Crippen molar-refractivity contribution in [2.45, 2.75) is 79.6 Å². The van der Waals surface area contributed by atoms with Gasteiger partial charge in [-0.3, -0.25) is 4.57 Å². The van der Waals surface area contributed by atoms with Gasteiger partial charge in [0, 0.05) is 28.5 Å². The predicted octanol–water partition coefficient (Wildman–Crippen LogP) is 15.9. The monoisotopic (exact) mass is 848 g/mol. The predicted molar refractivity (Wildman–Crippen MR) is 270 cm³/mol. The van der Waals surface area contributed by atoms with Gasteiger partial charge in [0.05, 0.1) is 28.3 Å². The van der Waals surface area contributed by atoms with E-state index in [2.05, 4.69) is 205 Å². The number of nitrogens with zero attached hydrogens (tertiary/aromatic N) is 4. The molecule has 0 bridgehead atoms. The second kappa shape index (κ2) is 16.1. The van der Waals surface area contributed by atoms with Gasteiger partial charge in [-0.05, 0) is 111 Å². The Kier molecular flexibility index (Phi) is 10.3. The first-order valence-electron chi connectivity index (χ1n) is 23.0. The van der Waals surface area contributed by atoms with E-state index in [9.17, 15) is 5.11 Å². The summed E-state index contributed by atoms with van der Waals surface area (Å²) in [6.07, 6.45) is 2.15. The maximum absolute atomic E-state index is 11.4. The molecule has 0 saturated heterocycles. The highest BCUT2D eigenvalue weighted by Gasteiger charge is 2.31. The minimum atomic E-state index is -0.0167. The maximum Gasteiger partial charge on any atom is 0.148 e. The zero-order valence-corrected chi connectivity index (χ0v) is 38.9. The van der Waals surface area contributed by atoms with E-state index in [1.54, 1.807) is 6.07 Å². The van der Waals surface area contributed by atoms with E-state index in [4.69, 9.17) is 10.1 Å². The quantitative estimate of drug-likeness (QED) is 0.174. The molecule has 322 valence electrons. The van der Waals surface area contributed by atoms with Crippen molar-refractivity contribution in [1.82, 2.24) is 19.3 Å². The average molecular weight is 849 g/mol. The molecule has 2 aromatic heterocycles. The van der Waals surface area contributed by atoms with E-state index >= 15 is 0 Å². The molecular weight excluding hydrogens is 793 g/mol. The summed E-state index contributed by atoms with van der Waals surface area (Å²) in [5.74, 6) is 1.41. The van der Waals surface area contributed by atoms with Crippen LogP contribution < -0.4 is 0 Å². The van der Waals surface area contributed by atoms with E-state index in [1.807, 2.05) is 18.2 Å². The standard InChI is InChI=1S/C60H56N4O/c1-36(2)43-29-19-30-44(37(3)4)57(43)63-35-52(61-59(63)51-28-16-17-31-53(51)65)40-20-18-21-42(34-40)64-58(54-38(5)32-41(33-39(54)6)60(7,8)9)55-49-26-14-12-24-47(49)45-22-10-11-23-46(45)48-25-13-15-27-50(48)56(55)62-64/h10-37,65H,1-9H3. The van der Waals surface area contributed by atoms with Crippen LogP contribution in [-0.4, -0.2) is 24.4 Å². The maximum atomic E-state index is 11.4. The van der Waals surface area contributed by atoms with Gasteiger partial charge in [-0.2, -0.15) is 5.10 Å². The molecule has 1 aliphatic rings. The number of para-hydroxylation sites is 2. The molecule has 0 unspecified atom stereocenters. The number of aromatic nitrogens is 4. The third-order valence-corrected chi connectivity index (χ3v) is 13.2. The Morgan fingerprint density at radius 2 is 1.05 bits per heavy atom. The zero-order chi connectivity index (χ0) is 45.3. The van der Waals surface area contributed by atoms with Crippen molar-refractivity contribution in [3.05, 3.63) is 186 Å². The molecule has 7 aromatic carbocycles. The molecule has 0 atom stereocenters. The SMILES string of the molecule is Cc1cc(C(C)(C)C)cc(C)c1-c1c2c(nn1-c1cccc(-c3cn(-c4c(C(C)C)cccc4C(C)C)c(-c4ccccc4O)n3)c1)-c1ccccc1-c1ccccc1-c1ccccc1-2. The third-order valence-electron chi connectivity index (χ3n) is 13.2. The van der Waals surface area contributed by atoms with Crippen molar-refractivity contribution in [2.24, 2.45) is 0 Å². The van der Waals surface area contributed by atoms with Crippen LogP contribution in [0.4, 0.5) is 0 Å². The van der Waals surface area contributed by atoms with E-state index in [0.29, 0.717) is 11.4 Å². The summed E-state index contributed by atoms with van der Waals surface area (Å²) in [4.78, 5) is 5.41. The van der Waals surface area contributed by atoms with Gasteiger partial charge in [0.1, 0.15) is 17.3 Å². The number of imidazole rings is 1. The van der Waals surface area contributed by atoms with Crippen LogP contribution in [0.3, 0.4) is 0 Å². The lowest BCUT2D eigenvalue weighted by Crippen LogP contribution is -2.12. The molecule has 2 heterocycles. The normalized spacial score (nSPS) is 12.1. The number of phenols is 1. The number of phenolic OH excluding ortho intramolecular Hbond substituents is 1. The molecule has 0 saturated carbocycles. The van der Waals surface area contributed by atoms with E-state index < -0.39 is 0 Å². The summed E-state index contributed by atoms with van der Waals surface area (Å²) in [6.45, 7) is 20.3. The number of fused-ring (bicyclic) bond motifs is 8. The Morgan fingerprint density at radius 1 is 0.538 bits per heavy atom. The van der Waals surface area contributed by atoms with Crippen molar-refractivity contribution >= 4 is 0 Å². The number of benzene rings is 7. The largest absolute Gasteiger partial charge is 0.507 e. The Hall–Kier alpha value is -7.24. The summed E-state index contributed by atoms with van der Waals surface area (Å²) >= 11 is 0. The highest BCUT2D eigenvalue weighted by atomic mass is 16.3. The average Bonchev–Trinajstić information content (AvgIpc) is 3.91. The number of aromatic hydroxyl groups is 1. The fourth-order valence-electron chi connectivity index (χ4n) is 9.99. The molecule has 0 aliphatic heterocycles. The molecule has 0 spiro atoms. The van der Waals surface area contributed by atoms with Crippen LogP contribution in [0.5, 0.6) is 5.75 Å². The van der Waals surface area contributed by atoms with Crippen molar-refractivity contribution < 1.29 is 5.11 Å². The van der Waals surface area contributed by atoms with Crippen LogP contribution in [0.25, 0.3) is 89.9 Å². The van der Waals surface area contributed by atoms with E-state index in [1.165, 1.54) is 50.1 Å². The van der Waals surface area contributed by atoms with Crippen molar-refractivity contribution in [3.8, 4) is 95.7 Å². The Labute approximate surface area is 383 Å². The summed E-state index contributed by atoms with van der Waals surface area (Å²) in [7, 11) is 0. The van der Waals surface area contributed by atoms with Gasteiger partial charge in [-0.1, -0.05) is 176 Å².